The number of ketones is 1. The van der Waals surface area contributed by atoms with Crippen LogP contribution in [0.15, 0.2) is 36.4 Å². The molecule has 5 heteroatoms. The zero-order valence-electron chi connectivity index (χ0n) is 10.5. The molecule has 0 aliphatic rings. The molecule has 20 heavy (non-hydrogen) atoms. The molecule has 0 fully saturated rings. The molecule has 0 unspecified atom stereocenters. The van der Waals surface area contributed by atoms with E-state index in [1.807, 2.05) is 0 Å². The van der Waals surface area contributed by atoms with E-state index in [9.17, 15) is 19.1 Å². The van der Waals surface area contributed by atoms with Crippen LogP contribution in [0.1, 0.15) is 27.6 Å². The van der Waals surface area contributed by atoms with Crippen LogP contribution in [0.3, 0.4) is 0 Å². The van der Waals surface area contributed by atoms with Crippen molar-refractivity contribution in [1.82, 2.24) is 0 Å². The summed E-state index contributed by atoms with van der Waals surface area (Å²) in [6, 6.07) is 7.79. The van der Waals surface area contributed by atoms with Gasteiger partial charge in [0.15, 0.2) is 5.78 Å². The summed E-state index contributed by atoms with van der Waals surface area (Å²) in [6.07, 6.45) is 0. The standard InChI is InChI=1S/C15H10ClFO3/c1-8(18)11-4-2-9(16)6-13(11)14-7-10(17)3-5-12(14)15(19)20/h2-7H,1H3,(H,19,20). The molecule has 1 N–H and O–H groups in total. The van der Waals surface area contributed by atoms with Crippen LogP contribution >= 0.6 is 11.6 Å². The van der Waals surface area contributed by atoms with E-state index in [2.05, 4.69) is 0 Å². The van der Waals surface area contributed by atoms with Gasteiger partial charge in [-0.05, 0) is 54.4 Å². The Hall–Kier alpha value is -2.20. The Labute approximate surface area is 119 Å². The smallest absolute Gasteiger partial charge is 0.336 e. The summed E-state index contributed by atoms with van der Waals surface area (Å²) in [5, 5.41) is 9.51. The fourth-order valence-electron chi connectivity index (χ4n) is 1.97. The maximum atomic E-state index is 13.4. The quantitative estimate of drug-likeness (QED) is 0.868. The van der Waals surface area contributed by atoms with Crippen molar-refractivity contribution in [3.63, 3.8) is 0 Å². The molecule has 0 saturated carbocycles. The predicted octanol–water partition coefficient (Wildman–Crippen LogP) is 4.05. The van der Waals surface area contributed by atoms with E-state index in [1.54, 1.807) is 0 Å². The molecular formula is C15H10ClFO3. The minimum atomic E-state index is -1.20. The molecule has 0 aliphatic heterocycles. The highest BCUT2D eigenvalue weighted by molar-refractivity contribution is 6.31. The third kappa shape index (κ3) is 2.70. The fraction of sp³-hybridized carbons (Fsp3) is 0.0667. The molecule has 0 saturated heterocycles. The first kappa shape index (κ1) is 14.2. The monoisotopic (exact) mass is 292 g/mol. The zero-order valence-corrected chi connectivity index (χ0v) is 11.2. The van der Waals surface area contributed by atoms with Gasteiger partial charge < -0.3 is 5.11 Å². The maximum absolute atomic E-state index is 13.4. The Balaban J connectivity index is 2.79. The minimum Gasteiger partial charge on any atom is -0.478 e. The molecule has 102 valence electrons. The van der Waals surface area contributed by atoms with Gasteiger partial charge in [0.1, 0.15) is 5.82 Å². The van der Waals surface area contributed by atoms with Crippen LogP contribution in [0, 0.1) is 5.82 Å². The molecule has 0 radical (unpaired) electrons. The Morgan fingerprint density at radius 3 is 2.25 bits per heavy atom. The largest absolute Gasteiger partial charge is 0.478 e. The number of aromatic carboxylic acids is 1. The van der Waals surface area contributed by atoms with E-state index in [4.69, 9.17) is 11.6 Å². The van der Waals surface area contributed by atoms with E-state index >= 15 is 0 Å². The van der Waals surface area contributed by atoms with Gasteiger partial charge in [0.2, 0.25) is 0 Å². The minimum absolute atomic E-state index is 0.0869. The van der Waals surface area contributed by atoms with Gasteiger partial charge in [-0.2, -0.15) is 0 Å². The zero-order chi connectivity index (χ0) is 14.9. The van der Waals surface area contributed by atoms with E-state index in [1.165, 1.54) is 25.1 Å². The molecule has 0 spiro atoms. The number of carboxylic acid groups (broad SMARTS) is 1. The van der Waals surface area contributed by atoms with E-state index < -0.39 is 11.8 Å². The number of rotatable bonds is 3. The van der Waals surface area contributed by atoms with Gasteiger partial charge in [-0.1, -0.05) is 11.6 Å². The number of hydrogen-bond acceptors (Lipinski definition) is 2. The molecule has 2 aromatic rings. The van der Waals surface area contributed by atoms with E-state index in [0.29, 0.717) is 16.1 Å². The maximum Gasteiger partial charge on any atom is 0.336 e. The van der Waals surface area contributed by atoms with Crippen LogP contribution in [-0.2, 0) is 0 Å². The lowest BCUT2D eigenvalue weighted by molar-refractivity contribution is 0.0697. The van der Waals surface area contributed by atoms with Gasteiger partial charge in [-0.25, -0.2) is 9.18 Å². The van der Waals surface area contributed by atoms with Crippen LogP contribution in [-0.4, -0.2) is 16.9 Å². The third-order valence-electron chi connectivity index (χ3n) is 2.86. The van der Waals surface area contributed by atoms with Crippen LogP contribution in [0.5, 0.6) is 0 Å². The number of benzene rings is 2. The molecule has 0 aromatic heterocycles. The molecular weight excluding hydrogens is 283 g/mol. The average molecular weight is 293 g/mol. The summed E-state index contributed by atoms with van der Waals surface area (Å²) >= 11 is 5.89. The first-order chi connectivity index (χ1) is 9.40. The topological polar surface area (TPSA) is 54.4 Å². The molecule has 0 amide bonds. The summed E-state index contributed by atoms with van der Waals surface area (Å²) in [5.74, 6) is -2.04. The van der Waals surface area contributed by atoms with Gasteiger partial charge in [-0.3, -0.25) is 4.79 Å². The van der Waals surface area contributed by atoms with E-state index in [-0.39, 0.29) is 16.9 Å². The van der Waals surface area contributed by atoms with Crippen LogP contribution in [0.4, 0.5) is 4.39 Å². The van der Waals surface area contributed by atoms with Crippen molar-refractivity contribution in [2.24, 2.45) is 0 Å². The first-order valence-corrected chi connectivity index (χ1v) is 6.11. The van der Waals surface area contributed by atoms with Crippen LogP contribution in [0.25, 0.3) is 11.1 Å². The van der Waals surface area contributed by atoms with Gasteiger partial charge in [0.25, 0.3) is 0 Å². The van der Waals surface area contributed by atoms with Crippen molar-refractivity contribution in [3.8, 4) is 11.1 Å². The van der Waals surface area contributed by atoms with Gasteiger partial charge >= 0.3 is 5.97 Å². The van der Waals surface area contributed by atoms with Crippen molar-refractivity contribution in [2.45, 2.75) is 6.92 Å². The number of halogens is 2. The number of carboxylic acids is 1. The summed E-state index contributed by atoms with van der Waals surface area (Å²) in [6.45, 7) is 1.35. The molecule has 2 rings (SSSR count). The third-order valence-corrected chi connectivity index (χ3v) is 3.10. The van der Waals surface area contributed by atoms with Crippen molar-refractivity contribution in [2.75, 3.05) is 0 Å². The molecule has 0 bridgehead atoms. The molecule has 0 heterocycles. The Bertz CT molecular complexity index is 649. The molecule has 3 nitrogen and oxygen atoms in total. The lowest BCUT2D eigenvalue weighted by Crippen LogP contribution is -2.03. The summed E-state index contributed by atoms with van der Waals surface area (Å²) in [7, 11) is 0. The first-order valence-electron chi connectivity index (χ1n) is 5.74. The highest BCUT2D eigenvalue weighted by Gasteiger charge is 2.17. The van der Waals surface area contributed by atoms with Gasteiger partial charge in [-0.15, -0.1) is 0 Å². The van der Waals surface area contributed by atoms with Crippen molar-refractivity contribution < 1.29 is 19.1 Å². The van der Waals surface area contributed by atoms with Crippen molar-refractivity contribution in [3.05, 3.63) is 58.4 Å². The summed E-state index contributed by atoms with van der Waals surface area (Å²) < 4.78 is 13.4. The lowest BCUT2D eigenvalue weighted by Gasteiger charge is -2.11. The molecule has 0 aliphatic carbocycles. The fourth-order valence-corrected chi connectivity index (χ4v) is 2.14. The number of Topliss-reactive ketones (excluding diaryl/α,β-unsaturated/α-hetero) is 1. The van der Waals surface area contributed by atoms with Gasteiger partial charge in [0, 0.05) is 10.6 Å². The number of hydrogen-bond donors (Lipinski definition) is 1. The molecule has 2 aromatic carbocycles. The van der Waals surface area contributed by atoms with Crippen molar-refractivity contribution >= 4 is 23.4 Å². The second-order valence-corrected chi connectivity index (χ2v) is 4.68. The highest BCUT2D eigenvalue weighted by atomic mass is 35.5. The van der Waals surface area contributed by atoms with Crippen LogP contribution < -0.4 is 0 Å². The normalized spacial score (nSPS) is 10.3. The lowest BCUT2D eigenvalue weighted by atomic mass is 9.93. The summed E-state index contributed by atoms with van der Waals surface area (Å²) in [4.78, 5) is 22.9. The number of carbonyl (C=O) groups is 2. The Kier molecular flexibility index (Phi) is 3.86. The average Bonchev–Trinajstić information content (AvgIpc) is 2.37. The second kappa shape index (κ2) is 5.43. The van der Waals surface area contributed by atoms with Crippen LogP contribution in [0.2, 0.25) is 5.02 Å². The SMILES string of the molecule is CC(=O)c1ccc(Cl)cc1-c1cc(F)ccc1C(=O)O. The second-order valence-electron chi connectivity index (χ2n) is 4.24. The van der Waals surface area contributed by atoms with Gasteiger partial charge in [0.05, 0.1) is 5.56 Å². The Morgan fingerprint density at radius 1 is 1.05 bits per heavy atom. The molecule has 0 atom stereocenters. The van der Waals surface area contributed by atoms with E-state index in [0.717, 1.165) is 18.2 Å². The summed E-state index contributed by atoms with van der Waals surface area (Å²) in [5.41, 5.74) is 0.644. The predicted molar refractivity (Wildman–Crippen MR) is 73.8 cm³/mol. The number of carbonyl (C=O) groups excluding carboxylic acids is 1. The highest BCUT2D eigenvalue weighted by Crippen LogP contribution is 2.31. The Morgan fingerprint density at radius 2 is 1.65 bits per heavy atom. The van der Waals surface area contributed by atoms with Crippen molar-refractivity contribution in [1.29, 1.82) is 0 Å².